The molecule has 1 spiro atoms. The van der Waals surface area contributed by atoms with E-state index in [1.165, 1.54) is 12.8 Å². The number of hydrogen-bond acceptors (Lipinski definition) is 3. The standard InChI is InChI=1S/C21H26N4O2/c1-15(20(27)25-11-9-21(7-8-21)10-12-25)23-19(26)17-5-3-16(4-6-17)18-13-22-24(2)14-18/h3-6,13-15H,7-12H2,1-2H3,(H,23,26)/t15-/m0/s1. The molecule has 6 nitrogen and oxygen atoms in total. The number of likely N-dealkylation sites (tertiary alicyclic amines) is 1. The SMILES string of the molecule is C[C@H](NC(=O)c1ccc(-c2cnn(C)c2)cc1)C(=O)N1CCC2(CC1)CC2. The lowest BCUT2D eigenvalue weighted by Gasteiger charge is -2.33. The second-order valence-corrected chi connectivity index (χ2v) is 8.00. The molecule has 6 heteroatoms. The van der Waals surface area contributed by atoms with Crippen molar-refractivity contribution in [2.24, 2.45) is 12.5 Å². The van der Waals surface area contributed by atoms with Gasteiger partial charge in [0.1, 0.15) is 6.04 Å². The highest BCUT2D eigenvalue weighted by molar-refractivity contribution is 5.97. The van der Waals surface area contributed by atoms with Gasteiger partial charge >= 0.3 is 0 Å². The van der Waals surface area contributed by atoms with Gasteiger partial charge in [-0.05, 0) is 55.7 Å². The molecule has 1 atom stereocenters. The summed E-state index contributed by atoms with van der Waals surface area (Å²) < 4.78 is 1.74. The Morgan fingerprint density at radius 2 is 1.74 bits per heavy atom. The molecule has 2 aromatic rings. The van der Waals surface area contributed by atoms with E-state index in [1.807, 2.05) is 30.3 Å². The average Bonchev–Trinajstić information content (AvgIpc) is 3.29. The number of piperidine rings is 1. The quantitative estimate of drug-likeness (QED) is 0.904. The third-order valence-corrected chi connectivity index (χ3v) is 6.00. The molecular formula is C21H26N4O2. The predicted octanol–water partition coefficient (Wildman–Crippen LogP) is 2.61. The van der Waals surface area contributed by atoms with Crippen LogP contribution in [0.1, 0.15) is 43.0 Å². The number of benzene rings is 1. The molecule has 2 heterocycles. The summed E-state index contributed by atoms with van der Waals surface area (Å²) in [7, 11) is 1.87. The van der Waals surface area contributed by atoms with Crippen LogP contribution in [0, 0.1) is 5.41 Å². The fraction of sp³-hybridized carbons (Fsp3) is 0.476. The maximum absolute atomic E-state index is 12.6. The lowest BCUT2D eigenvalue weighted by Crippen LogP contribution is -2.49. The summed E-state index contributed by atoms with van der Waals surface area (Å²) in [5.41, 5.74) is 3.11. The Morgan fingerprint density at radius 3 is 2.30 bits per heavy atom. The van der Waals surface area contributed by atoms with Gasteiger partial charge < -0.3 is 10.2 Å². The summed E-state index contributed by atoms with van der Waals surface area (Å²) in [6, 6.07) is 6.86. The third-order valence-electron chi connectivity index (χ3n) is 6.00. The summed E-state index contributed by atoms with van der Waals surface area (Å²) in [6.07, 6.45) is 8.57. The van der Waals surface area contributed by atoms with Gasteiger partial charge in [-0.25, -0.2) is 0 Å². The number of nitrogens with zero attached hydrogens (tertiary/aromatic N) is 3. The van der Waals surface area contributed by atoms with Gasteiger partial charge in [0, 0.05) is 37.5 Å². The number of rotatable bonds is 4. The number of carbonyl (C=O) groups is 2. The Morgan fingerprint density at radius 1 is 1.07 bits per heavy atom. The number of aryl methyl sites for hydroxylation is 1. The summed E-state index contributed by atoms with van der Waals surface area (Å²) in [5.74, 6) is -0.199. The molecule has 4 rings (SSSR count). The molecule has 2 fully saturated rings. The van der Waals surface area contributed by atoms with Gasteiger partial charge in [-0.3, -0.25) is 14.3 Å². The van der Waals surface area contributed by atoms with Crippen LogP contribution in [-0.4, -0.2) is 45.6 Å². The van der Waals surface area contributed by atoms with Crippen molar-refractivity contribution in [1.82, 2.24) is 20.0 Å². The zero-order valence-corrected chi connectivity index (χ0v) is 15.9. The Hall–Kier alpha value is -2.63. The van der Waals surface area contributed by atoms with Crippen LogP contribution in [0.25, 0.3) is 11.1 Å². The molecule has 1 aromatic heterocycles. The number of aromatic nitrogens is 2. The van der Waals surface area contributed by atoms with Crippen LogP contribution in [0.2, 0.25) is 0 Å². The highest BCUT2D eigenvalue weighted by atomic mass is 16.2. The maximum atomic E-state index is 12.6. The molecule has 27 heavy (non-hydrogen) atoms. The maximum Gasteiger partial charge on any atom is 0.251 e. The minimum Gasteiger partial charge on any atom is -0.341 e. The summed E-state index contributed by atoms with van der Waals surface area (Å²) in [6.45, 7) is 3.41. The summed E-state index contributed by atoms with van der Waals surface area (Å²) in [5, 5.41) is 7.01. The Bertz CT molecular complexity index is 841. The number of nitrogens with one attached hydrogen (secondary N) is 1. The minimum absolute atomic E-state index is 0.0193. The molecule has 0 radical (unpaired) electrons. The molecule has 1 saturated carbocycles. The first-order chi connectivity index (χ1) is 13.0. The molecule has 1 aromatic carbocycles. The van der Waals surface area contributed by atoms with Crippen molar-refractivity contribution in [2.45, 2.75) is 38.6 Å². The van der Waals surface area contributed by atoms with Crippen molar-refractivity contribution in [1.29, 1.82) is 0 Å². The minimum atomic E-state index is -0.510. The number of amides is 2. The third kappa shape index (κ3) is 3.75. The van der Waals surface area contributed by atoms with Crippen LogP contribution < -0.4 is 5.32 Å². The monoisotopic (exact) mass is 366 g/mol. The molecule has 2 amide bonds. The first-order valence-electron chi connectivity index (χ1n) is 9.65. The normalized spacial score (nSPS) is 19.0. The van der Waals surface area contributed by atoms with Gasteiger partial charge in [0.05, 0.1) is 6.20 Å². The van der Waals surface area contributed by atoms with Gasteiger partial charge in [-0.15, -0.1) is 0 Å². The van der Waals surface area contributed by atoms with E-state index in [1.54, 1.807) is 29.9 Å². The summed E-state index contributed by atoms with van der Waals surface area (Å²) >= 11 is 0. The van der Waals surface area contributed by atoms with Gasteiger partial charge in [-0.1, -0.05) is 12.1 Å². The topological polar surface area (TPSA) is 67.2 Å². The zero-order valence-electron chi connectivity index (χ0n) is 15.9. The van der Waals surface area contributed by atoms with E-state index < -0.39 is 6.04 Å². The van der Waals surface area contributed by atoms with E-state index in [2.05, 4.69) is 10.4 Å². The Balaban J connectivity index is 1.34. The van der Waals surface area contributed by atoms with Crippen LogP contribution in [-0.2, 0) is 11.8 Å². The van der Waals surface area contributed by atoms with Gasteiger partial charge in [0.15, 0.2) is 0 Å². The molecule has 2 aliphatic rings. The zero-order chi connectivity index (χ0) is 19.0. The molecule has 0 unspecified atom stereocenters. The Kier molecular flexibility index (Phi) is 4.50. The predicted molar refractivity (Wildman–Crippen MR) is 103 cm³/mol. The fourth-order valence-electron chi connectivity index (χ4n) is 3.88. The Labute approximate surface area is 159 Å². The van der Waals surface area contributed by atoms with E-state index in [-0.39, 0.29) is 11.8 Å². The van der Waals surface area contributed by atoms with Crippen molar-refractivity contribution in [3.8, 4) is 11.1 Å². The second kappa shape index (κ2) is 6.83. The molecule has 0 bridgehead atoms. The second-order valence-electron chi connectivity index (χ2n) is 8.00. The van der Waals surface area contributed by atoms with Crippen LogP contribution in [0.15, 0.2) is 36.7 Å². The lowest BCUT2D eigenvalue weighted by atomic mass is 9.93. The highest BCUT2D eigenvalue weighted by Crippen LogP contribution is 2.53. The van der Waals surface area contributed by atoms with E-state index in [9.17, 15) is 9.59 Å². The fourth-order valence-corrected chi connectivity index (χ4v) is 3.88. The van der Waals surface area contributed by atoms with Gasteiger partial charge in [0.2, 0.25) is 5.91 Å². The lowest BCUT2D eigenvalue weighted by molar-refractivity contribution is -0.134. The van der Waals surface area contributed by atoms with Crippen molar-refractivity contribution in [3.63, 3.8) is 0 Å². The van der Waals surface area contributed by atoms with E-state index in [0.717, 1.165) is 37.1 Å². The summed E-state index contributed by atoms with van der Waals surface area (Å²) in [4.78, 5) is 27.1. The van der Waals surface area contributed by atoms with E-state index in [0.29, 0.717) is 11.0 Å². The number of hydrogen-bond donors (Lipinski definition) is 1. The van der Waals surface area contributed by atoms with Crippen LogP contribution in [0.3, 0.4) is 0 Å². The smallest absolute Gasteiger partial charge is 0.251 e. The first kappa shape index (κ1) is 17.8. The van der Waals surface area contributed by atoms with E-state index in [4.69, 9.17) is 0 Å². The molecule has 142 valence electrons. The average molecular weight is 366 g/mol. The van der Waals surface area contributed by atoms with Crippen LogP contribution in [0.5, 0.6) is 0 Å². The molecule has 1 aliphatic carbocycles. The molecule has 1 aliphatic heterocycles. The first-order valence-corrected chi connectivity index (χ1v) is 9.65. The van der Waals surface area contributed by atoms with Gasteiger partial charge in [-0.2, -0.15) is 5.10 Å². The van der Waals surface area contributed by atoms with Crippen molar-refractivity contribution >= 4 is 11.8 Å². The highest BCUT2D eigenvalue weighted by Gasteiger charge is 2.45. The van der Waals surface area contributed by atoms with Crippen LogP contribution in [0.4, 0.5) is 0 Å². The van der Waals surface area contributed by atoms with Crippen molar-refractivity contribution in [2.75, 3.05) is 13.1 Å². The molecular weight excluding hydrogens is 340 g/mol. The van der Waals surface area contributed by atoms with Crippen molar-refractivity contribution < 1.29 is 9.59 Å². The molecule has 1 N–H and O–H groups in total. The van der Waals surface area contributed by atoms with Gasteiger partial charge in [0.25, 0.3) is 5.91 Å². The van der Waals surface area contributed by atoms with Crippen molar-refractivity contribution in [3.05, 3.63) is 42.2 Å². The largest absolute Gasteiger partial charge is 0.341 e. The number of carbonyl (C=O) groups excluding carboxylic acids is 2. The van der Waals surface area contributed by atoms with E-state index >= 15 is 0 Å². The van der Waals surface area contributed by atoms with Crippen LogP contribution >= 0.6 is 0 Å². The molecule has 1 saturated heterocycles.